The average Bonchev–Trinajstić information content (AvgIpc) is 3.25. The van der Waals surface area contributed by atoms with Gasteiger partial charge in [0.2, 0.25) is 0 Å². The van der Waals surface area contributed by atoms with E-state index in [2.05, 4.69) is 15.7 Å². The third-order valence-electron chi connectivity index (χ3n) is 5.44. The van der Waals surface area contributed by atoms with E-state index < -0.39 is 17.9 Å². The van der Waals surface area contributed by atoms with Crippen LogP contribution < -0.4 is 15.4 Å². The lowest BCUT2D eigenvalue weighted by atomic mass is 10.1. The van der Waals surface area contributed by atoms with Crippen molar-refractivity contribution in [1.82, 2.24) is 9.78 Å². The summed E-state index contributed by atoms with van der Waals surface area (Å²) < 4.78 is 6.24. The molecule has 36 heavy (non-hydrogen) atoms. The smallest absolute Gasteiger partial charge is 0.356 e. The number of carboxylic acid groups (broad SMARTS) is 3. The molecule has 0 spiro atoms. The van der Waals surface area contributed by atoms with Crippen LogP contribution in [0.3, 0.4) is 0 Å². The zero-order valence-electron chi connectivity index (χ0n) is 19.7. The van der Waals surface area contributed by atoms with Crippen LogP contribution in [0.15, 0.2) is 48.5 Å². The highest BCUT2D eigenvalue weighted by atomic mass is 16.5. The van der Waals surface area contributed by atoms with Gasteiger partial charge in [-0.25, -0.2) is 14.3 Å². The van der Waals surface area contributed by atoms with Gasteiger partial charge in [0.1, 0.15) is 5.75 Å². The number of aromatic nitrogens is 2. The highest BCUT2D eigenvalue weighted by Gasteiger charge is 2.27. The second-order valence-corrected chi connectivity index (χ2v) is 7.93. The minimum Gasteiger partial charge on any atom is -0.497 e. The molecule has 0 saturated carbocycles. The van der Waals surface area contributed by atoms with E-state index in [1.807, 2.05) is 24.3 Å². The number of benzene rings is 2. The van der Waals surface area contributed by atoms with Gasteiger partial charge in [0.05, 0.1) is 12.8 Å². The Kier molecular flexibility index (Phi) is 8.87. The Morgan fingerprint density at radius 1 is 0.861 bits per heavy atom. The number of carbonyl (C=O) groups is 3. The van der Waals surface area contributed by atoms with Crippen molar-refractivity contribution in [2.45, 2.75) is 25.7 Å². The summed E-state index contributed by atoms with van der Waals surface area (Å²) in [5.41, 5.74) is 1.67. The summed E-state index contributed by atoms with van der Waals surface area (Å²) in [6, 6.07) is 13.9. The van der Waals surface area contributed by atoms with Crippen molar-refractivity contribution < 1.29 is 34.4 Å². The van der Waals surface area contributed by atoms with Crippen molar-refractivity contribution in [1.29, 1.82) is 0 Å². The predicted octanol–water partition coefficient (Wildman–Crippen LogP) is 3.60. The van der Waals surface area contributed by atoms with Crippen LogP contribution in [0.1, 0.15) is 45.8 Å². The van der Waals surface area contributed by atoms with Gasteiger partial charge >= 0.3 is 17.9 Å². The first-order chi connectivity index (χ1) is 17.3. The Balaban J connectivity index is 1.67. The van der Waals surface area contributed by atoms with Crippen molar-refractivity contribution in [3.05, 3.63) is 65.5 Å². The first-order valence-corrected chi connectivity index (χ1v) is 11.3. The van der Waals surface area contributed by atoms with Gasteiger partial charge in [-0.05, 0) is 67.8 Å². The zero-order valence-corrected chi connectivity index (χ0v) is 19.7. The molecule has 3 aromatic rings. The maximum absolute atomic E-state index is 12.1. The summed E-state index contributed by atoms with van der Waals surface area (Å²) in [7, 11) is 1.51. The van der Waals surface area contributed by atoms with Crippen LogP contribution in [0.5, 0.6) is 5.75 Å². The number of anilines is 2. The van der Waals surface area contributed by atoms with E-state index in [0.29, 0.717) is 24.4 Å². The number of hydrogen-bond acceptors (Lipinski definition) is 7. The van der Waals surface area contributed by atoms with Crippen LogP contribution in [-0.4, -0.2) is 63.2 Å². The van der Waals surface area contributed by atoms with Gasteiger partial charge < -0.3 is 30.7 Å². The summed E-state index contributed by atoms with van der Waals surface area (Å²) in [6.45, 7) is 0.949. The molecule has 3 rings (SSSR count). The van der Waals surface area contributed by atoms with Crippen molar-refractivity contribution in [3.8, 4) is 11.4 Å². The van der Waals surface area contributed by atoms with Gasteiger partial charge in [-0.2, -0.15) is 5.10 Å². The maximum Gasteiger partial charge on any atom is 0.356 e. The molecule has 0 fully saturated rings. The van der Waals surface area contributed by atoms with E-state index in [1.54, 1.807) is 24.3 Å². The molecule has 0 radical (unpaired) electrons. The molecular formula is C25H28N4O7. The fourth-order valence-electron chi connectivity index (χ4n) is 3.66. The number of unbranched alkanes of at least 4 members (excludes halogenated alkanes) is 1. The molecule has 0 aliphatic rings. The summed E-state index contributed by atoms with van der Waals surface area (Å²) >= 11 is 0. The largest absolute Gasteiger partial charge is 0.497 e. The molecular weight excluding hydrogens is 468 g/mol. The van der Waals surface area contributed by atoms with Gasteiger partial charge in [-0.15, -0.1) is 0 Å². The van der Waals surface area contributed by atoms with E-state index in [-0.39, 0.29) is 36.3 Å². The van der Waals surface area contributed by atoms with Crippen LogP contribution in [0.4, 0.5) is 11.4 Å². The molecule has 5 N–H and O–H groups in total. The predicted molar refractivity (Wildman–Crippen MR) is 133 cm³/mol. The number of rotatable bonds is 14. The van der Waals surface area contributed by atoms with Gasteiger partial charge in [0.25, 0.3) is 0 Å². The van der Waals surface area contributed by atoms with E-state index in [1.165, 1.54) is 7.11 Å². The first-order valence-electron chi connectivity index (χ1n) is 11.3. The van der Waals surface area contributed by atoms with Crippen LogP contribution in [0.2, 0.25) is 0 Å². The third-order valence-corrected chi connectivity index (χ3v) is 5.44. The number of nitrogens with zero attached hydrogens (tertiary/aromatic N) is 2. The van der Waals surface area contributed by atoms with Crippen molar-refractivity contribution >= 4 is 29.3 Å². The van der Waals surface area contributed by atoms with E-state index >= 15 is 0 Å². The summed E-state index contributed by atoms with van der Waals surface area (Å²) in [4.78, 5) is 34.4. The highest BCUT2D eigenvalue weighted by molar-refractivity contribution is 5.95. The lowest BCUT2D eigenvalue weighted by Crippen LogP contribution is -2.13. The Labute approximate surface area is 207 Å². The molecule has 0 amide bonds. The molecule has 1 aromatic heterocycles. The fraction of sp³-hybridized carbons (Fsp3) is 0.280. The maximum atomic E-state index is 12.1. The lowest BCUT2D eigenvalue weighted by Gasteiger charge is -2.10. The number of aromatic carboxylic acids is 2. The molecule has 0 unspecified atom stereocenters. The SMILES string of the molecule is COc1ccc(-n2nc(C(=O)O)c(CCNc3ccc(NCCCCC(=O)O)cc3)c2C(=O)O)cc1. The van der Waals surface area contributed by atoms with Crippen LogP contribution >= 0.6 is 0 Å². The van der Waals surface area contributed by atoms with Crippen LogP contribution in [-0.2, 0) is 11.2 Å². The molecule has 11 nitrogen and oxygen atoms in total. The molecule has 2 aromatic carbocycles. The van der Waals surface area contributed by atoms with E-state index in [0.717, 1.165) is 22.5 Å². The summed E-state index contributed by atoms with van der Waals surface area (Å²) in [5, 5.41) is 38.6. The topological polar surface area (TPSA) is 163 Å². The van der Waals surface area contributed by atoms with Crippen molar-refractivity contribution in [2.75, 3.05) is 30.8 Å². The van der Waals surface area contributed by atoms with Gasteiger partial charge in [0.15, 0.2) is 11.4 Å². The van der Waals surface area contributed by atoms with Crippen molar-refractivity contribution in [2.24, 2.45) is 0 Å². The minimum absolute atomic E-state index is 0.123. The van der Waals surface area contributed by atoms with Gasteiger partial charge in [-0.1, -0.05) is 0 Å². The number of hydrogen-bond donors (Lipinski definition) is 5. The summed E-state index contributed by atoms with van der Waals surface area (Å²) in [5.74, 6) is -2.81. The summed E-state index contributed by atoms with van der Waals surface area (Å²) in [6.07, 6.45) is 1.63. The first kappa shape index (κ1) is 26.1. The molecule has 0 atom stereocenters. The zero-order chi connectivity index (χ0) is 26.1. The molecule has 0 aliphatic heterocycles. The Morgan fingerprint density at radius 3 is 2.00 bits per heavy atom. The Hall–Kier alpha value is -4.54. The normalized spacial score (nSPS) is 10.6. The second kappa shape index (κ2) is 12.2. The van der Waals surface area contributed by atoms with E-state index in [9.17, 15) is 24.6 Å². The van der Waals surface area contributed by atoms with Gasteiger partial charge in [-0.3, -0.25) is 4.79 Å². The number of ether oxygens (including phenoxy) is 1. The molecule has 0 bridgehead atoms. The fourth-order valence-corrected chi connectivity index (χ4v) is 3.66. The monoisotopic (exact) mass is 496 g/mol. The third kappa shape index (κ3) is 6.75. The number of aliphatic carboxylic acids is 1. The number of carboxylic acids is 3. The molecule has 1 heterocycles. The van der Waals surface area contributed by atoms with Gasteiger partial charge in [0, 0.05) is 36.4 Å². The molecule has 190 valence electrons. The van der Waals surface area contributed by atoms with E-state index in [4.69, 9.17) is 9.84 Å². The molecule has 11 heteroatoms. The lowest BCUT2D eigenvalue weighted by molar-refractivity contribution is -0.137. The molecule has 0 saturated heterocycles. The minimum atomic E-state index is -1.31. The molecule has 0 aliphatic carbocycles. The number of methoxy groups -OCH3 is 1. The highest BCUT2D eigenvalue weighted by Crippen LogP contribution is 2.23. The standard InChI is InChI=1S/C25H28N4O7/c1-36-19-11-9-18(10-12-19)29-23(25(34)35)20(22(28-29)24(32)33)13-15-27-17-7-5-16(6-8-17)26-14-3-2-4-21(30)31/h5-12,26-27H,2-4,13-15H2,1H3,(H,30,31)(H,32,33)(H,34,35). The Morgan fingerprint density at radius 2 is 1.47 bits per heavy atom. The second-order valence-electron chi connectivity index (χ2n) is 7.93. The van der Waals surface area contributed by atoms with Crippen molar-refractivity contribution in [3.63, 3.8) is 0 Å². The number of nitrogens with one attached hydrogen (secondary N) is 2. The average molecular weight is 497 g/mol. The Bertz CT molecular complexity index is 1200. The van der Waals surface area contributed by atoms with Crippen LogP contribution in [0.25, 0.3) is 5.69 Å². The quantitative estimate of drug-likeness (QED) is 0.208. The van der Waals surface area contributed by atoms with Crippen LogP contribution in [0, 0.1) is 0 Å².